The molecule has 0 aromatic heterocycles. The molecule has 5 heteroatoms. The van der Waals surface area contributed by atoms with E-state index in [4.69, 9.17) is 23.2 Å². The van der Waals surface area contributed by atoms with Crippen LogP contribution in [0.4, 0.5) is 17.1 Å². The summed E-state index contributed by atoms with van der Waals surface area (Å²) in [6.45, 7) is 4.30. The highest BCUT2D eigenvalue weighted by atomic mass is 35.5. The number of hydrogen-bond acceptors (Lipinski definition) is 2. The molecule has 148 valence electrons. The van der Waals surface area contributed by atoms with E-state index < -0.39 is 0 Å². The van der Waals surface area contributed by atoms with Gasteiger partial charge < -0.3 is 10.2 Å². The van der Waals surface area contributed by atoms with Gasteiger partial charge in [-0.2, -0.15) is 0 Å². The van der Waals surface area contributed by atoms with Crippen molar-refractivity contribution >= 4 is 52.2 Å². The summed E-state index contributed by atoms with van der Waals surface area (Å²) in [5, 5.41) is 3.92. The molecule has 0 unspecified atom stereocenters. The maximum atomic E-state index is 12.2. The van der Waals surface area contributed by atoms with E-state index in [0.717, 1.165) is 22.6 Å². The molecule has 0 saturated heterocycles. The molecular weight excluding hydrogens is 403 g/mol. The zero-order valence-corrected chi connectivity index (χ0v) is 17.8. The lowest BCUT2D eigenvalue weighted by molar-refractivity contribution is -0.111. The molecule has 0 bridgehead atoms. The smallest absolute Gasteiger partial charge is 0.248 e. The highest BCUT2D eigenvalue weighted by Gasteiger charge is 2.12. The van der Waals surface area contributed by atoms with Crippen LogP contribution in [0.5, 0.6) is 0 Å². The summed E-state index contributed by atoms with van der Waals surface area (Å²) in [6, 6.07) is 23.5. The number of hydrogen-bond donors (Lipinski definition) is 1. The number of halogens is 2. The Morgan fingerprint density at radius 1 is 0.931 bits per heavy atom. The van der Waals surface area contributed by atoms with Gasteiger partial charge in [0.15, 0.2) is 0 Å². The molecule has 0 atom stereocenters. The van der Waals surface area contributed by atoms with E-state index >= 15 is 0 Å². The van der Waals surface area contributed by atoms with E-state index in [9.17, 15) is 4.79 Å². The Hall–Kier alpha value is -2.75. The highest BCUT2D eigenvalue weighted by molar-refractivity contribution is 6.35. The summed E-state index contributed by atoms with van der Waals surface area (Å²) in [7, 11) is 0. The predicted molar refractivity (Wildman–Crippen MR) is 124 cm³/mol. The van der Waals surface area contributed by atoms with Crippen LogP contribution in [-0.4, -0.2) is 11.9 Å². The Kier molecular flexibility index (Phi) is 6.97. The van der Waals surface area contributed by atoms with Crippen molar-refractivity contribution < 1.29 is 4.79 Å². The van der Waals surface area contributed by atoms with Crippen LogP contribution in [0, 0.1) is 0 Å². The molecule has 3 nitrogen and oxygen atoms in total. The van der Waals surface area contributed by atoms with Gasteiger partial charge in [0.1, 0.15) is 0 Å². The minimum absolute atomic E-state index is 0.229. The van der Waals surface area contributed by atoms with Crippen molar-refractivity contribution in [1.82, 2.24) is 0 Å². The third kappa shape index (κ3) is 5.63. The summed E-state index contributed by atoms with van der Waals surface area (Å²) in [5.41, 5.74) is 3.65. The molecule has 0 fully saturated rings. The van der Waals surface area contributed by atoms with Gasteiger partial charge in [-0.1, -0.05) is 47.5 Å². The van der Waals surface area contributed by atoms with Crippen LogP contribution >= 0.6 is 23.2 Å². The van der Waals surface area contributed by atoms with Crippen molar-refractivity contribution in [2.45, 2.75) is 19.9 Å². The largest absolute Gasteiger partial charge is 0.339 e. The standard InChI is InChI=1S/C24H22Cl2N2O/c1-17(2)28(21-6-4-3-5-7-21)22-13-11-20(12-14-22)27-24(29)15-9-18-8-10-19(25)16-23(18)26/h3-17H,1-2H3,(H,27,29). The van der Waals surface area contributed by atoms with Crippen LogP contribution < -0.4 is 10.2 Å². The molecule has 0 saturated carbocycles. The minimum atomic E-state index is -0.229. The van der Waals surface area contributed by atoms with Crippen LogP contribution in [0.2, 0.25) is 10.0 Å². The summed E-state index contributed by atoms with van der Waals surface area (Å²) in [5.74, 6) is -0.229. The van der Waals surface area contributed by atoms with Crippen LogP contribution in [0.3, 0.4) is 0 Å². The number of carbonyl (C=O) groups is 1. The average molecular weight is 425 g/mol. The van der Waals surface area contributed by atoms with E-state index in [0.29, 0.717) is 16.1 Å². The maximum Gasteiger partial charge on any atom is 0.248 e. The van der Waals surface area contributed by atoms with Crippen molar-refractivity contribution in [1.29, 1.82) is 0 Å². The molecule has 29 heavy (non-hydrogen) atoms. The van der Waals surface area contributed by atoms with Crippen LogP contribution in [-0.2, 0) is 4.79 Å². The number of rotatable bonds is 6. The van der Waals surface area contributed by atoms with Crippen molar-refractivity contribution in [2.24, 2.45) is 0 Å². The van der Waals surface area contributed by atoms with E-state index in [1.165, 1.54) is 6.08 Å². The predicted octanol–water partition coefficient (Wildman–Crippen LogP) is 7.19. The second-order valence-corrected chi connectivity index (χ2v) is 7.68. The normalized spacial score (nSPS) is 11.1. The Morgan fingerprint density at radius 3 is 2.21 bits per heavy atom. The first kappa shape index (κ1) is 21.0. The first-order valence-electron chi connectivity index (χ1n) is 9.32. The molecule has 3 aromatic carbocycles. The van der Waals surface area contributed by atoms with Crippen LogP contribution in [0.15, 0.2) is 78.9 Å². The maximum absolute atomic E-state index is 12.2. The van der Waals surface area contributed by atoms with Crippen molar-refractivity contribution in [2.75, 3.05) is 10.2 Å². The summed E-state index contributed by atoms with van der Waals surface area (Å²) in [4.78, 5) is 14.5. The van der Waals surface area contributed by atoms with Gasteiger partial charge in [0, 0.05) is 39.2 Å². The minimum Gasteiger partial charge on any atom is -0.339 e. The molecule has 0 spiro atoms. The van der Waals surface area contributed by atoms with E-state index in [1.54, 1.807) is 24.3 Å². The zero-order valence-electron chi connectivity index (χ0n) is 16.3. The van der Waals surface area contributed by atoms with Gasteiger partial charge in [0.2, 0.25) is 5.91 Å². The number of benzene rings is 3. The third-order valence-electron chi connectivity index (χ3n) is 4.34. The molecule has 0 heterocycles. The van der Waals surface area contributed by atoms with E-state index in [-0.39, 0.29) is 5.91 Å². The summed E-state index contributed by atoms with van der Waals surface area (Å²) in [6.07, 6.45) is 3.12. The second-order valence-electron chi connectivity index (χ2n) is 6.83. The second kappa shape index (κ2) is 9.64. The van der Waals surface area contributed by atoms with Gasteiger partial charge in [0.05, 0.1) is 0 Å². The Balaban J connectivity index is 1.69. The molecule has 0 radical (unpaired) electrons. The number of para-hydroxylation sites is 1. The quantitative estimate of drug-likeness (QED) is 0.424. The molecule has 3 rings (SSSR count). The van der Waals surface area contributed by atoms with Gasteiger partial charge >= 0.3 is 0 Å². The van der Waals surface area contributed by atoms with Gasteiger partial charge in [-0.15, -0.1) is 0 Å². The molecule has 1 N–H and O–H groups in total. The third-order valence-corrected chi connectivity index (χ3v) is 4.90. The lowest BCUT2D eigenvalue weighted by Gasteiger charge is -2.29. The number of nitrogens with one attached hydrogen (secondary N) is 1. The Morgan fingerprint density at radius 2 is 1.59 bits per heavy atom. The summed E-state index contributed by atoms with van der Waals surface area (Å²) < 4.78 is 0. The fraction of sp³-hybridized carbons (Fsp3) is 0.125. The zero-order chi connectivity index (χ0) is 20.8. The van der Waals surface area contributed by atoms with Crippen LogP contribution in [0.25, 0.3) is 6.08 Å². The highest BCUT2D eigenvalue weighted by Crippen LogP contribution is 2.28. The first-order valence-corrected chi connectivity index (χ1v) is 10.1. The molecule has 1 amide bonds. The van der Waals surface area contributed by atoms with Crippen LogP contribution in [0.1, 0.15) is 19.4 Å². The van der Waals surface area contributed by atoms with Gasteiger partial charge in [-0.3, -0.25) is 4.79 Å². The fourth-order valence-corrected chi connectivity index (χ4v) is 3.50. The number of amides is 1. The lowest BCUT2D eigenvalue weighted by Crippen LogP contribution is -2.25. The molecular formula is C24H22Cl2N2O. The molecule has 3 aromatic rings. The Bertz CT molecular complexity index is 999. The monoisotopic (exact) mass is 424 g/mol. The van der Waals surface area contributed by atoms with Gasteiger partial charge in [-0.25, -0.2) is 0 Å². The summed E-state index contributed by atoms with van der Waals surface area (Å²) >= 11 is 12.0. The van der Waals surface area contributed by atoms with E-state index in [1.807, 2.05) is 42.5 Å². The van der Waals surface area contributed by atoms with Crippen molar-refractivity contribution in [3.8, 4) is 0 Å². The average Bonchev–Trinajstić information content (AvgIpc) is 2.69. The fourth-order valence-electron chi connectivity index (χ4n) is 3.03. The topological polar surface area (TPSA) is 32.3 Å². The van der Waals surface area contributed by atoms with Crippen molar-refractivity contribution in [3.05, 3.63) is 94.5 Å². The number of carbonyl (C=O) groups excluding carboxylic acids is 1. The molecule has 0 aliphatic rings. The van der Waals surface area contributed by atoms with E-state index in [2.05, 4.69) is 36.2 Å². The number of nitrogens with zero attached hydrogens (tertiary/aromatic N) is 1. The first-order chi connectivity index (χ1) is 13.9. The SMILES string of the molecule is CC(C)N(c1ccccc1)c1ccc(NC(=O)C=Cc2ccc(Cl)cc2Cl)cc1. The van der Waals surface area contributed by atoms with Crippen molar-refractivity contribution in [3.63, 3.8) is 0 Å². The number of anilines is 3. The Labute approximate surface area is 181 Å². The lowest BCUT2D eigenvalue weighted by atomic mass is 10.1. The molecule has 0 aliphatic heterocycles. The van der Waals surface area contributed by atoms with Gasteiger partial charge in [-0.05, 0) is 74.0 Å². The molecule has 0 aliphatic carbocycles. The van der Waals surface area contributed by atoms with Gasteiger partial charge in [0.25, 0.3) is 0 Å².